The summed E-state index contributed by atoms with van der Waals surface area (Å²) in [5.41, 5.74) is 7.03. The molecule has 18 heavy (non-hydrogen) atoms. The molecule has 0 fully saturated rings. The molecule has 1 aliphatic rings. The van der Waals surface area contributed by atoms with Gasteiger partial charge in [0.15, 0.2) is 0 Å². The van der Waals surface area contributed by atoms with E-state index >= 15 is 0 Å². The molecule has 0 radical (unpaired) electrons. The summed E-state index contributed by atoms with van der Waals surface area (Å²) in [5, 5.41) is 0.969. The van der Waals surface area contributed by atoms with E-state index < -0.39 is 5.54 Å². The van der Waals surface area contributed by atoms with Crippen LogP contribution in [0.2, 0.25) is 10.0 Å². The molecule has 1 aromatic rings. The van der Waals surface area contributed by atoms with Gasteiger partial charge in [0, 0.05) is 12.8 Å². The average molecular weight is 311 g/mol. The molecule has 0 aromatic heterocycles. The highest BCUT2D eigenvalue weighted by Crippen LogP contribution is 2.35. The Morgan fingerprint density at radius 1 is 1.33 bits per heavy atom. The summed E-state index contributed by atoms with van der Waals surface area (Å²) < 4.78 is 4.99. The van der Waals surface area contributed by atoms with E-state index in [1.54, 1.807) is 19.1 Å². The summed E-state index contributed by atoms with van der Waals surface area (Å²) in [6.45, 7) is 2.09. The molecule has 2 N–H and O–H groups in total. The van der Waals surface area contributed by atoms with Crippen LogP contribution in [0.3, 0.4) is 0 Å². The van der Waals surface area contributed by atoms with Crippen LogP contribution in [0, 0.1) is 0 Å². The Kier molecular flexibility index (Phi) is 4.90. The van der Waals surface area contributed by atoms with Gasteiger partial charge in [-0.05, 0) is 30.2 Å². The summed E-state index contributed by atoms with van der Waals surface area (Å²) in [6, 6.07) is 3.54. The lowest BCUT2D eigenvalue weighted by atomic mass is 9.98. The van der Waals surface area contributed by atoms with E-state index in [0.717, 1.165) is 11.1 Å². The van der Waals surface area contributed by atoms with Crippen molar-refractivity contribution in [2.24, 2.45) is 5.73 Å². The van der Waals surface area contributed by atoms with Gasteiger partial charge in [0.05, 0.1) is 16.7 Å². The zero-order chi connectivity index (χ0) is 12.6. The fourth-order valence-electron chi connectivity index (χ4n) is 2.12. The Morgan fingerprint density at radius 3 is 2.17 bits per heavy atom. The molecule has 1 aromatic carbocycles. The summed E-state index contributed by atoms with van der Waals surface area (Å²) in [7, 11) is 0. The van der Waals surface area contributed by atoms with Gasteiger partial charge >= 0.3 is 5.97 Å². The van der Waals surface area contributed by atoms with E-state index in [0.29, 0.717) is 29.5 Å². The van der Waals surface area contributed by atoms with E-state index in [4.69, 9.17) is 33.7 Å². The number of esters is 1. The third kappa shape index (κ3) is 2.75. The lowest BCUT2D eigenvalue weighted by Crippen LogP contribution is -2.50. The van der Waals surface area contributed by atoms with Gasteiger partial charge in [-0.25, -0.2) is 0 Å². The SMILES string of the molecule is CCOC(=O)C1(N)Cc2cc(Cl)c(Cl)cc2C1.Cl. The first-order chi connectivity index (χ1) is 7.96. The highest BCUT2D eigenvalue weighted by Gasteiger charge is 2.41. The average Bonchev–Trinajstić information content (AvgIpc) is 2.57. The highest BCUT2D eigenvalue weighted by atomic mass is 35.5. The van der Waals surface area contributed by atoms with Gasteiger partial charge in [0.25, 0.3) is 0 Å². The van der Waals surface area contributed by atoms with E-state index in [1.807, 2.05) is 0 Å². The number of hydrogen-bond acceptors (Lipinski definition) is 3. The number of nitrogens with two attached hydrogens (primary N) is 1. The molecule has 0 heterocycles. The van der Waals surface area contributed by atoms with Crippen molar-refractivity contribution in [3.63, 3.8) is 0 Å². The fraction of sp³-hybridized carbons (Fsp3) is 0.417. The zero-order valence-electron chi connectivity index (χ0n) is 9.83. The second kappa shape index (κ2) is 5.66. The maximum atomic E-state index is 11.8. The Hall–Kier alpha value is -0.480. The minimum absolute atomic E-state index is 0. The minimum Gasteiger partial charge on any atom is -0.465 e. The number of benzene rings is 1. The number of ether oxygens (including phenoxy) is 1. The van der Waals surface area contributed by atoms with E-state index in [2.05, 4.69) is 0 Å². The van der Waals surface area contributed by atoms with Crippen LogP contribution in [-0.2, 0) is 22.4 Å². The molecular weight excluding hydrogens is 296 g/mol. The zero-order valence-corrected chi connectivity index (χ0v) is 12.2. The highest BCUT2D eigenvalue weighted by molar-refractivity contribution is 6.42. The third-order valence-electron chi connectivity index (χ3n) is 2.94. The topological polar surface area (TPSA) is 52.3 Å². The van der Waals surface area contributed by atoms with E-state index in [-0.39, 0.29) is 18.4 Å². The molecule has 3 nitrogen and oxygen atoms in total. The Bertz CT molecular complexity index is 446. The largest absolute Gasteiger partial charge is 0.465 e. The Morgan fingerprint density at radius 2 is 1.78 bits per heavy atom. The first kappa shape index (κ1) is 15.6. The van der Waals surface area contributed by atoms with Crippen LogP contribution < -0.4 is 5.73 Å². The molecule has 0 saturated carbocycles. The monoisotopic (exact) mass is 309 g/mol. The lowest BCUT2D eigenvalue weighted by Gasteiger charge is -2.20. The number of hydrogen-bond donors (Lipinski definition) is 1. The van der Waals surface area contributed by atoms with Crippen molar-refractivity contribution < 1.29 is 9.53 Å². The van der Waals surface area contributed by atoms with Crippen molar-refractivity contribution in [3.8, 4) is 0 Å². The second-order valence-electron chi connectivity index (χ2n) is 4.27. The van der Waals surface area contributed by atoms with Crippen molar-refractivity contribution >= 4 is 41.6 Å². The Labute approximate surface area is 122 Å². The standard InChI is InChI=1S/C12H13Cl2NO2.ClH/c1-2-17-11(16)12(15)5-7-3-9(13)10(14)4-8(7)6-12;/h3-4H,2,5-6,15H2,1H3;1H. The Balaban J connectivity index is 0.00000162. The predicted octanol–water partition coefficient (Wildman–Crippen LogP) is 2.77. The summed E-state index contributed by atoms with van der Waals surface area (Å²) >= 11 is 11.9. The molecule has 0 amide bonds. The quantitative estimate of drug-likeness (QED) is 0.855. The smallest absolute Gasteiger partial charge is 0.326 e. The van der Waals surface area contributed by atoms with Crippen molar-refractivity contribution in [1.82, 2.24) is 0 Å². The van der Waals surface area contributed by atoms with Crippen LogP contribution in [0.4, 0.5) is 0 Å². The maximum absolute atomic E-state index is 11.8. The molecular formula is C12H14Cl3NO2. The van der Waals surface area contributed by atoms with Gasteiger partial charge < -0.3 is 10.5 Å². The van der Waals surface area contributed by atoms with Crippen molar-refractivity contribution in [2.75, 3.05) is 6.61 Å². The first-order valence-corrected chi connectivity index (χ1v) is 6.15. The normalized spacial score (nSPS) is 15.8. The van der Waals surface area contributed by atoms with Gasteiger partial charge in [-0.1, -0.05) is 23.2 Å². The van der Waals surface area contributed by atoms with Gasteiger partial charge in [0.2, 0.25) is 0 Å². The van der Waals surface area contributed by atoms with Gasteiger partial charge in [-0.2, -0.15) is 0 Å². The second-order valence-corrected chi connectivity index (χ2v) is 5.08. The molecule has 0 saturated heterocycles. The van der Waals surface area contributed by atoms with Crippen LogP contribution in [0.5, 0.6) is 0 Å². The minimum atomic E-state index is -0.980. The molecule has 1 aliphatic carbocycles. The number of fused-ring (bicyclic) bond motifs is 1. The van der Waals surface area contributed by atoms with Gasteiger partial charge in [0.1, 0.15) is 5.54 Å². The predicted molar refractivity (Wildman–Crippen MR) is 74.7 cm³/mol. The molecule has 0 spiro atoms. The van der Waals surface area contributed by atoms with E-state index in [9.17, 15) is 4.79 Å². The first-order valence-electron chi connectivity index (χ1n) is 5.39. The van der Waals surface area contributed by atoms with E-state index in [1.165, 1.54) is 0 Å². The number of rotatable bonds is 2. The van der Waals surface area contributed by atoms with Crippen molar-refractivity contribution in [3.05, 3.63) is 33.3 Å². The molecule has 0 atom stereocenters. The maximum Gasteiger partial charge on any atom is 0.326 e. The van der Waals surface area contributed by atoms with Gasteiger partial charge in [-0.15, -0.1) is 12.4 Å². The number of carbonyl (C=O) groups is 1. The third-order valence-corrected chi connectivity index (χ3v) is 3.66. The number of halogens is 3. The van der Waals surface area contributed by atoms with Gasteiger partial charge in [-0.3, -0.25) is 4.79 Å². The van der Waals surface area contributed by atoms with Crippen LogP contribution in [-0.4, -0.2) is 18.1 Å². The summed E-state index contributed by atoms with van der Waals surface area (Å²) in [5.74, 6) is -0.372. The number of carbonyl (C=O) groups excluding carboxylic acids is 1. The van der Waals surface area contributed by atoms with Crippen LogP contribution in [0.1, 0.15) is 18.1 Å². The molecule has 6 heteroatoms. The molecule has 0 aliphatic heterocycles. The molecule has 100 valence electrons. The van der Waals surface area contributed by atoms with Crippen molar-refractivity contribution in [2.45, 2.75) is 25.3 Å². The van der Waals surface area contributed by atoms with Crippen molar-refractivity contribution in [1.29, 1.82) is 0 Å². The molecule has 2 rings (SSSR count). The molecule has 0 bridgehead atoms. The fourth-order valence-corrected chi connectivity index (χ4v) is 2.49. The lowest BCUT2D eigenvalue weighted by molar-refractivity contribution is -0.149. The summed E-state index contributed by atoms with van der Waals surface area (Å²) in [6.07, 6.45) is 0.885. The van der Waals surface area contributed by atoms with Crippen LogP contribution in [0.15, 0.2) is 12.1 Å². The van der Waals surface area contributed by atoms with Crippen LogP contribution >= 0.6 is 35.6 Å². The van der Waals surface area contributed by atoms with Crippen LogP contribution in [0.25, 0.3) is 0 Å². The molecule has 0 unspecified atom stereocenters. The summed E-state index contributed by atoms with van der Waals surface area (Å²) in [4.78, 5) is 11.8.